The summed E-state index contributed by atoms with van der Waals surface area (Å²) in [4.78, 5) is 11.5. The van der Waals surface area contributed by atoms with Crippen LogP contribution in [-0.2, 0) is 4.79 Å². The average Bonchev–Trinajstić information content (AvgIpc) is 2.39. The van der Waals surface area contributed by atoms with Crippen LogP contribution in [0.15, 0.2) is 12.7 Å². The molecule has 1 atom stereocenters. The van der Waals surface area contributed by atoms with Gasteiger partial charge in [-0.25, -0.2) is 0 Å². The van der Waals surface area contributed by atoms with E-state index < -0.39 is 0 Å². The summed E-state index contributed by atoms with van der Waals surface area (Å²) in [7, 11) is 0. The highest BCUT2D eigenvalue weighted by Gasteiger charge is 2.07. The first kappa shape index (κ1) is 17.4. The zero-order chi connectivity index (χ0) is 13.6. The molecule has 0 rings (SSSR count). The molecule has 0 aliphatic rings. The summed E-state index contributed by atoms with van der Waals surface area (Å²) in [5, 5.41) is 0. The molecule has 0 amide bonds. The average molecular weight is 252 g/mol. The van der Waals surface area contributed by atoms with Crippen LogP contribution in [0.4, 0.5) is 0 Å². The monoisotopic (exact) mass is 252 g/mol. The molecule has 0 aromatic heterocycles. The van der Waals surface area contributed by atoms with Crippen molar-refractivity contribution in [2.24, 2.45) is 5.92 Å². The summed E-state index contributed by atoms with van der Waals surface area (Å²) in [5.74, 6) is 0.396. The molecule has 0 fully saturated rings. The Bertz CT molecular complexity index is 208. The van der Waals surface area contributed by atoms with E-state index in [0.717, 1.165) is 12.8 Å². The molecule has 0 aromatic carbocycles. The lowest BCUT2D eigenvalue weighted by molar-refractivity contribution is -0.121. The third-order valence-electron chi connectivity index (χ3n) is 3.64. The summed E-state index contributed by atoms with van der Waals surface area (Å²) in [5.41, 5.74) is 0. The molecule has 0 aliphatic carbocycles. The Morgan fingerprint density at radius 1 is 0.944 bits per heavy atom. The lowest BCUT2D eigenvalue weighted by Crippen LogP contribution is -2.07. The van der Waals surface area contributed by atoms with Crippen LogP contribution in [0.5, 0.6) is 0 Å². The summed E-state index contributed by atoms with van der Waals surface area (Å²) in [6, 6.07) is 0. The van der Waals surface area contributed by atoms with Crippen LogP contribution in [0, 0.1) is 5.92 Å². The van der Waals surface area contributed by atoms with Gasteiger partial charge in [-0.2, -0.15) is 0 Å². The zero-order valence-corrected chi connectivity index (χ0v) is 12.5. The van der Waals surface area contributed by atoms with Crippen LogP contribution in [0.1, 0.15) is 84.5 Å². The van der Waals surface area contributed by atoms with Crippen molar-refractivity contribution in [3.63, 3.8) is 0 Å². The second-order valence-corrected chi connectivity index (χ2v) is 5.42. The lowest BCUT2D eigenvalue weighted by atomic mass is 10.00. The fourth-order valence-electron chi connectivity index (χ4n) is 2.15. The van der Waals surface area contributed by atoms with Crippen LogP contribution >= 0.6 is 0 Å². The highest BCUT2D eigenvalue weighted by molar-refractivity contribution is 5.82. The van der Waals surface area contributed by atoms with E-state index in [1.54, 1.807) is 6.08 Å². The molecule has 0 radical (unpaired) electrons. The number of hydrogen-bond donors (Lipinski definition) is 0. The van der Waals surface area contributed by atoms with E-state index >= 15 is 0 Å². The predicted octanol–water partition coefficient (Wildman–Crippen LogP) is 5.69. The first-order chi connectivity index (χ1) is 8.72. The summed E-state index contributed by atoms with van der Waals surface area (Å²) >= 11 is 0. The molecule has 0 saturated carbocycles. The van der Waals surface area contributed by atoms with Gasteiger partial charge in [0.25, 0.3) is 0 Å². The number of unbranched alkanes of at least 4 members (excludes halogenated alkanes) is 9. The maximum Gasteiger partial charge on any atom is 0.139 e. The van der Waals surface area contributed by atoms with Gasteiger partial charge in [-0.15, -0.1) is 6.58 Å². The molecule has 0 N–H and O–H groups in total. The van der Waals surface area contributed by atoms with E-state index in [0.29, 0.717) is 5.78 Å². The van der Waals surface area contributed by atoms with Crippen molar-refractivity contribution >= 4 is 5.78 Å². The minimum atomic E-state index is 0.0450. The first-order valence-corrected chi connectivity index (χ1v) is 7.87. The SMILES string of the molecule is C=CC(C)C(=O)CCCCCCCCCCCC. The molecule has 1 unspecified atom stereocenters. The van der Waals surface area contributed by atoms with Crippen LogP contribution < -0.4 is 0 Å². The number of hydrogen-bond acceptors (Lipinski definition) is 1. The minimum absolute atomic E-state index is 0.0450. The molecular formula is C17H32O. The maximum atomic E-state index is 11.5. The van der Waals surface area contributed by atoms with Crippen molar-refractivity contribution in [1.29, 1.82) is 0 Å². The molecule has 0 saturated heterocycles. The van der Waals surface area contributed by atoms with E-state index in [1.165, 1.54) is 57.8 Å². The number of carbonyl (C=O) groups excluding carboxylic acids is 1. The molecule has 0 heterocycles. The Morgan fingerprint density at radius 3 is 1.83 bits per heavy atom. The van der Waals surface area contributed by atoms with Gasteiger partial charge >= 0.3 is 0 Å². The van der Waals surface area contributed by atoms with Gasteiger partial charge in [-0.05, 0) is 6.42 Å². The second-order valence-electron chi connectivity index (χ2n) is 5.42. The molecule has 0 bridgehead atoms. The standard InChI is InChI=1S/C17H32O/c1-4-6-7-8-9-10-11-12-13-14-15-17(18)16(3)5-2/h5,16H,2,4,6-15H2,1,3H3. The Balaban J connectivity index is 3.16. The van der Waals surface area contributed by atoms with Crippen LogP contribution in [0.2, 0.25) is 0 Å². The fraction of sp³-hybridized carbons (Fsp3) is 0.824. The highest BCUT2D eigenvalue weighted by atomic mass is 16.1. The van der Waals surface area contributed by atoms with Gasteiger partial charge in [0.2, 0.25) is 0 Å². The smallest absolute Gasteiger partial charge is 0.139 e. The Labute approximate surface area is 114 Å². The van der Waals surface area contributed by atoms with Crippen molar-refractivity contribution in [3.05, 3.63) is 12.7 Å². The molecular weight excluding hydrogens is 220 g/mol. The van der Waals surface area contributed by atoms with Crippen LogP contribution in [0.25, 0.3) is 0 Å². The number of Topliss-reactive ketones (excluding diaryl/α,β-unsaturated/α-hetero) is 1. The van der Waals surface area contributed by atoms with Crippen molar-refractivity contribution < 1.29 is 4.79 Å². The second kappa shape index (κ2) is 12.9. The van der Waals surface area contributed by atoms with Crippen molar-refractivity contribution in [3.8, 4) is 0 Å². The number of allylic oxidation sites excluding steroid dienone is 1. The highest BCUT2D eigenvalue weighted by Crippen LogP contribution is 2.12. The van der Waals surface area contributed by atoms with Crippen LogP contribution in [-0.4, -0.2) is 5.78 Å². The third-order valence-corrected chi connectivity index (χ3v) is 3.64. The van der Waals surface area contributed by atoms with E-state index in [-0.39, 0.29) is 5.92 Å². The molecule has 18 heavy (non-hydrogen) atoms. The van der Waals surface area contributed by atoms with Gasteiger partial charge in [-0.3, -0.25) is 4.79 Å². The quantitative estimate of drug-likeness (QED) is 0.304. The molecule has 1 heteroatoms. The molecule has 0 spiro atoms. The van der Waals surface area contributed by atoms with E-state index in [1.807, 2.05) is 6.92 Å². The van der Waals surface area contributed by atoms with Gasteiger partial charge in [-0.1, -0.05) is 77.7 Å². The first-order valence-electron chi connectivity index (χ1n) is 7.87. The molecule has 0 aromatic rings. The van der Waals surface area contributed by atoms with Crippen molar-refractivity contribution in [1.82, 2.24) is 0 Å². The Kier molecular flexibility index (Phi) is 12.4. The number of rotatable bonds is 13. The third kappa shape index (κ3) is 10.6. The minimum Gasteiger partial charge on any atom is -0.299 e. The molecule has 0 aliphatic heterocycles. The van der Waals surface area contributed by atoms with Gasteiger partial charge in [0.1, 0.15) is 5.78 Å². The largest absolute Gasteiger partial charge is 0.299 e. The summed E-state index contributed by atoms with van der Waals surface area (Å²) in [6.07, 6.45) is 15.7. The predicted molar refractivity (Wildman–Crippen MR) is 80.8 cm³/mol. The normalized spacial score (nSPS) is 12.3. The Morgan fingerprint density at radius 2 is 1.39 bits per heavy atom. The van der Waals surface area contributed by atoms with Gasteiger partial charge in [0.15, 0.2) is 0 Å². The Hall–Kier alpha value is -0.590. The fourth-order valence-corrected chi connectivity index (χ4v) is 2.15. The number of carbonyl (C=O) groups is 1. The summed E-state index contributed by atoms with van der Waals surface area (Å²) in [6.45, 7) is 7.85. The number of ketones is 1. The topological polar surface area (TPSA) is 17.1 Å². The van der Waals surface area contributed by atoms with Crippen molar-refractivity contribution in [2.45, 2.75) is 84.5 Å². The van der Waals surface area contributed by atoms with Gasteiger partial charge in [0.05, 0.1) is 0 Å². The van der Waals surface area contributed by atoms with Crippen LogP contribution in [0.3, 0.4) is 0 Å². The summed E-state index contributed by atoms with van der Waals surface area (Å²) < 4.78 is 0. The zero-order valence-electron chi connectivity index (χ0n) is 12.5. The van der Waals surface area contributed by atoms with E-state index in [2.05, 4.69) is 13.5 Å². The van der Waals surface area contributed by atoms with E-state index in [4.69, 9.17) is 0 Å². The van der Waals surface area contributed by atoms with Crippen molar-refractivity contribution in [2.75, 3.05) is 0 Å². The lowest BCUT2D eigenvalue weighted by Gasteiger charge is -2.05. The molecule has 1 nitrogen and oxygen atoms in total. The maximum absolute atomic E-state index is 11.5. The van der Waals surface area contributed by atoms with E-state index in [9.17, 15) is 4.79 Å². The van der Waals surface area contributed by atoms with Gasteiger partial charge < -0.3 is 0 Å². The molecule has 106 valence electrons. The van der Waals surface area contributed by atoms with Gasteiger partial charge in [0, 0.05) is 12.3 Å².